The van der Waals surface area contributed by atoms with Gasteiger partial charge in [0.05, 0.1) is 14.2 Å². The maximum Gasteiger partial charge on any atom is 0.305 e. The molecule has 1 aromatic carbocycles. The molecule has 3 N–H and O–H groups in total. The lowest BCUT2D eigenvalue weighted by Crippen LogP contribution is -2.13. The summed E-state index contributed by atoms with van der Waals surface area (Å²) in [7, 11) is 2.82. The highest BCUT2D eigenvalue weighted by Gasteiger charge is 2.11. The fraction of sp³-hybridized carbons (Fsp3) is 0.417. The van der Waals surface area contributed by atoms with E-state index in [0.29, 0.717) is 12.2 Å². The van der Waals surface area contributed by atoms with Gasteiger partial charge in [0.1, 0.15) is 0 Å². The number of hydrogen-bond acceptors (Lipinski definition) is 5. The first-order valence-corrected chi connectivity index (χ1v) is 5.27. The third-order valence-corrected chi connectivity index (χ3v) is 2.52. The van der Waals surface area contributed by atoms with Gasteiger partial charge in [0.15, 0.2) is 11.5 Å². The Morgan fingerprint density at radius 1 is 1.47 bits per heavy atom. The highest BCUT2D eigenvalue weighted by atomic mass is 16.5. The molecule has 0 aliphatic carbocycles. The van der Waals surface area contributed by atoms with Crippen molar-refractivity contribution in [1.82, 2.24) is 0 Å². The summed E-state index contributed by atoms with van der Waals surface area (Å²) in [6.45, 7) is 0. The van der Waals surface area contributed by atoms with Crippen molar-refractivity contribution in [3.63, 3.8) is 0 Å². The maximum atomic E-state index is 11.0. The molecule has 0 heterocycles. The van der Waals surface area contributed by atoms with Crippen molar-refractivity contribution < 1.29 is 19.4 Å². The minimum Gasteiger partial charge on any atom is -0.504 e. The molecule has 0 saturated carbocycles. The number of nitrogens with two attached hydrogens (primary N) is 1. The summed E-state index contributed by atoms with van der Waals surface area (Å²) in [5, 5.41) is 9.59. The molecule has 0 spiro atoms. The third-order valence-electron chi connectivity index (χ3n) is 2.52. The summed E-state index contributed by atoms with van der Waals surface area (Å²) in [5.41, 5.74) is 6.66. The predicted molar refractivity (Wildman–Crippen MR) is 62.8 cm³/mol. The number of ether oxygens (including phenoxy) is 2. The molecule has 1 unspecified atom stereocenters. The first-order valence-electron chi connectivity index (χ1n) is 5.27. The van der Waals surface area contributed by atoms with Crippen LogP contribution in [0.5, 0.6) is 11.5 Å². The molecule has 1 rings (SSSR count). The van der Waals surface area contributed by atoms with Crippen molar-refractivity contribution >= 4 is 5.97 Å². The lowest BCUT2D eigenvalue weighted by atomic mass is 10.0. The van der Waals surface area contributed by atoms with Crippen LogP contribution in [0.1, 0.15) is 24.4 Å². The molecule has 1 aromatic rings. The molecule has 0 bridgehead atoms. The number of rotatable bonds is 5. The number of phenols is 1. The minimum absolute atomic E-state index is 0.0403. The second-order valence-corrected chi connectivity index (χ2v) is 3.65. The molecular weight excluding hydrogens is 222 g/mol. The summed E-state index contributed by atoms with van der Waals surface area (Å²) in [6, 6.07) is 4.63. The molecule has 1 atom stereocenters. The van der Waals surface area contributed by atoms with Crippen molar-refractivity contribution in [3.8, 4) is 11.5 Å². The Hall–Kier alpha value is -1.75. The van der Waals surface area contributed by atoms with Gasteiger partial charge in [-0.1, -0.05) is 6.07 Å². The van der Waals surface area contributed by atoms with Crippen LogP contribution in [-0.2, 0) is 9.53 Å². The second-order valence-electron chi connectivity index (χ2n) is 3.65. The van der Waals surface area contributed by atoms with Gasteiger partial charge >= 0.3 is 5.97 Å². The van der Waals surface area contributed by atoms with Crippen LogP contribution in [0.25, 0.3) is 0 Å². The predicted octanol–water partition coefficient (Wildman–Crippen LogP) is 1.35. The molecule has 0 fully saturated rings. The Labute approximate surface area is 100 Å². The lowest BCUT2D eigenvalue weighted by molar-refractivity contribution is -0.140. The molecule has 5 nitrogen and oxygen atoms in total. The van der Waals surface area contributed by atoms with E-state index >= 15 is 0 Å². The summed E-state index contributed by atoms with van der Waals surface area (Å²) in [4.78, 5) is 11.0. The fourth-order valence-electron chi connectivity index (χ4n) is 1.48. The third kappa shape index (κ3) is 3.64. The lowest BCUT2D eigenvalue weighted by Gasteiger charge is -2.12. The van der Waals surface area contributed by atoms with Crippen molar-refractivity contribution in [2.24, 2.45) is 5.73 Å². The van der Waals surface area contributed by atoms with E-state index in [-0.39, 0.29) is 24.2 Å². The fourth-order valence-corrected chi connectivity index (χ4v) is 1.48. The quantitative estimate of drug-likeness (QED) is 0.758. The average molecular weight is 239 g/mol. The number of carbonyl (C=O) groups is 1. The number of phenolic OH excluding ortho intramolecular Hbond substituents is 1. The molecule has 0 amide bonds. The molecule has 94 valence electrons. The Bertz CT molecular complexity index is 392. The summed E-state index contributed by atoms with van der Waals surface area (Å²) in [6.07, 6.45) is 0.725. The SMILES string of the molecule is COC(=O)CCC(N)c1ccc(OC)c(O)c1. The molecule has 0 aromatic heterocycles. The summed E-state index contributed by atoms with van der Waals surface area (Å²) < 4.78 is 9.46. The smallest absolute Gasteiger partial charge is 0.305 e. The average Bonchev–Trinajstić information content (AvgIpc) is 2.35. The number of esters is 1. The monoisotopic (exact) mass is 239 g/mol. The topological polar surface area (TPSA) is 81.8 Å². The molecule has 0 radical (unpaired) electrons. The number of aromatic hydroxyl groups is 1. The molecule has 17 heavy (non-hydrogen) atoms. The normalized spacial score (nSPS) is 11.9. The van der Waals surface area contributed by atoms with Gasteiger partial charge in [-0.15, -0.1) is 0 Å². The van der Waals surface area contributed by atoms with E-state index in [4.69, 9.17) is 10.5 Å². The standard InChI is InChI=1S/C12H17NO4/c1-16-11-5-3-8(7-10(11)14)9(13)4-6-12(15)17-2/h3,5,7,9,14H,4,6,13H2,1-2H3. The molecule has 0 saturated heterocycles. The van der Waals surface area contributed by atoms with Crippen LogP contribution in [0.2, 0.25) is 0 Å². The first-order chi connectivity index (χ1) is 8.08. The van der Waals surface area contributed by atoms with E-state index in [0.717, 1.165) is 5.56 Å². The molecule has 0 aliphatic rings. The van der Waals surface area contributed by atoms with E-state index in [2.05, 4.69) is 4.74 Å². The highest BCUT2D eigenvalue weighted by Crippen LogP contribution is 2.29. The summed E-state index contributed by atoms with van der Waals surface area (Å²) in [5.74, 6) is 0.144. The van der Waals surface area contributed by atoms with E-state index in [1.54, 1.807) is 18.2 Å². The van der Waals surface area contributed by atoms with Crippen LogP contribution in [0.3, 0.4) is 0 Å². The van der Waals surface area contributed by atoms with Crippen LogP contribution < -0.4 is 10.5 Å². The van der Waals surface area contributed by atoms with Crippen molar-refractivity contribution in [2.45, 2.75) is 18.9 Å². The van der Waals surface area contributed by atoms with Crippen molar-refractivity contribution in [2.75, 3.05) is 14.2 Å². The molecular formula is C12H17NO4. The summed E-state index contributed by atoms with van der Waals surface area (Å²) >= 11 is 0. The maximum absolute atomic E-state index is 11.0. The molecule has 0 aliphatic heterocycles. The first kappa shape index (κ1) is 13.3. The van der Waals surface area contributed by atoms with Crippen LogP contribution in [0.4, 0.5) is 0 Å². The van der Waals surface area contributed by atoms with Crippen LogP contribution >= 0.6 is 0 Å². The van der Waals surface area contributed by atoms with E-state index in [1.165, 1.54) is 14.2 Å². The Balaban J connectivity index is 2.66. The second kappa shape index (κ2) is 6.10. The van der Waals surface area contributed by atoms with Gasteiger partial charge in [-0.3, -0.25) is 4.79 Å². The molecule has 5 heteroatoms. The number of benzene rings is 1. The zero-order chi connectivity index (χ0) is 12.8. The Kier molecular flexibility index (Phi) is 4.78. The van der Waals surface area contributed by atoms with Crippen LogP contribution in [0.15, 0.2) is 18.2 Å². The zero-order valence-electron chi connectivity index (χ0n) is 9.97. The van der Waals surface area contributed by atoms with E-state index in [9.17, 15) is 9.90 Å². The van der Waals surface area contributed by atoms with Gasteiger partial charge in [-0.2, -0.15) is 0 Å². The van der Waals surface area contributed by atoms with Gasteiger partial charge in [0.25, 0.3) is 0 Å². The van der Waals surface area contributed by atoms with E-state index < -0.39 is 0 Å². The van der Waals surface area contributed by atoms with Crippen molar-refractivity contribution in [1.29, 1.82) is 0 Å². The van der Waals surface area contributed by atoms with Crippen molar-refractivity contribution in [3.05, 3.63) is 23.8 Å². The zero-order valence-corrected chi connectivity index (χ0v) is 9.97. The Morgan fingerprint density at radius 2 is 2.18 bits per heavy atom. The van der Waals surface area contributed by atoms with Gasteiger partial charge < -0.3 is 20.3 Å². The largest absolute Gasteiger partial charge is 0.504 e. The highest BCUT2D eigenvalue weighted by molar-refractivity contribution is 5.69. The number of hydrogen-bond donors (Lipinski definition) is 2. The van der Waals surface area contributed by atoms with Gasteiger partial charge in [-0.25, -0.2) is 0 Å². The Morgan fingerprint density at radius 3 is 2.71 bits per heavy atom. The number of methoxy groups -OCH3 is 2. The van der Waals surface area contributed by atoms with Gasteiger partial charge in [-0.05, 0) is 24.1 Å². The van der Waals surface area contributed by atoms with Gasteiger partial charge in [0.2, 0.25) is 0 Å². The van der Waals surface area contributed by atoms with Crippen LogP contribution in [0, 0.1) is 0 Å². The van der Waals surface area contributed by atoms with Gasteiger partial charge in [0, 0.05) is 12.5 Å². The van der Waals surface area contributed by atoms with Crippen LogP contribution in [-0.4, -0.2) is 25.3 Å². The minimum atomic E-state index is -0.314. The number of carbonyl (C=O) groups excluding carboxylic acids is 1. The van der Waals surface area contributed by atoms with E-state index in [1.807, 2.05) is 0 Å².